The van der Waals surface area contributed by atoms with Crippen molar-refractivity contribution in [1.82, 2.24) is 9.88 Å². The molecule has 1 aromatic heterocycles. The van der Waals surface area contributed by atoms with Gasteiger partial charge in [-0.25, -0.2) is 0 Å². The molecule has 0 aromatic carbocycles. The Morgan fingerprint density at radius 1 is 1.42 bits per heavy atom. The Morgan fingerprint density at radius 3 is 2.84 bits per heavy atom. The number of amides is 1. The maximum atomic E-state index is 12.4. The van der Waals surface area contributed by atoms with Gasteiger partial charge in [0, 0.05) is 28.0 Å². The minimum Gasteiger partial charge on any atom is -0.348 e. The molecule has 5 heteroatoms. The van der Waals surface area contributed by atoms with Crippen molar-refractivity contribution in [2.75, 3.05) is 6.26 Å². The van der Waals surface area contributed by atoms with Crippen LogP contribution in [0.4, 0.5) is 0 Å². The third-order valence-electron chi connectivity index (χ3n) is 4.04. The van der Waals surface area contributed by atoms with Gasteiger partial charge in [-0.2, -0.15) is 11.8 Å². The first kappa shape index (κ1) is 13.6. The van der Waals surface area contributed by atoms with Gasteiger partial charge in [0.1, 0.15) is 5.69 Å². The molecule has 2 aliphatic carbocycles. The van der Waals surface area contributed by atoms with Gasteiger partial charge in [0.05, 0.1) is 0 Å². The molecule has 0 bridgehead atoms. The van der Waals surface area contributed by atoms with Gasteiger partial charge in [-0.05, 0) is 60.4 Å². The Morgan fingerprint density at radius 2 is 2.21 bits per heavy atom. The van der Waals surface area contributed by atoms with Crippen LogP contribution in [0.25, 0.3) is 0 Å². The Hall–Kier alpha value is -0.420. The van der Waals surface area contributed by atoms with Crippen LogP contribution in [0.5, 0.6) is 0 Å². The summed E-state index contributed by atoms with van der Waals surface area (Å²) in [5.41, 5.74) is 0.807. The van der Waals surface area contributed by atoms with E-state index in [4.69, 9.17) is 0 Å². The van der Waals surface area contributed by atoms with Crippen LogP contribution in [0.15, 0.2) is 16.7 Å². The van der Waals surface area contributed by atoms with Crippen LogP contribution in [0.2, 0.25) is 0 Å². The lowest BCUT2D eigenvalue weighted by atomic mass is 10.2. The molecule has 104 valence electrons. The molecule has 1 heterocycles. The number of hydrogen-bond donors (Lipinski definition) is 1. The Balaban J connectivity index is 1.67. The summed E-state index contributed by atoms with van der Waals surface area (Å²) < 4.78 is 3.12. The van der Waals surface area contributed by atoms with Gasteiger partial charge in [0.25, 0.3) is 5.91 Å². The number of thioether (sulfide) groups is 1. The molecule has 2 aliphatic rings. The standard InChI is InChI=1S/C14H19BrN2OS/c1-19-12-5-2-10(7-12)16-14(18)13-6-9(15)8-17(13)11-3-4-11/h6,8,10-12H,2-5,7H2,1H3,(H,16,18). The van der Waals surface area contributed by atoms with E-state index >= 15 is 0 Å². The Labute approximate surface area is 126 Å². The fourth-order valence-corrected chi connectivity index (χ4v) is 4.06. The van der Waals surface area contributed by atoms with E-state index in [1.165, 1.54) is 19.3 Å². The average molecular weight is 343 g/mol. The quantitative estimate of drug-likeness (QED) is 0.906. The molecule has 0 radical (unpaired) electrons. The highest BCUT2D eigenvalue weighted by Crippen LogP contribution is 2.37. The summed E-state index contributed by atoms with van der Waals surface area (Å²) >= 11 is 5.39. The van der Waals surface area contributed by atoms with E-state index in [-0.39, 0.29) is 5.91 Å². The lowest BCUT2D eigenvalue weighted by Crippen LogP contribution is -2.34. The number of aromatic nitrogens is 1. The lowest BCUT2D eigenvalue weighted by Gasteiger charge is -2.14. The molecule has 1 aromatic rings. The van der Waals surface area contributed by atoms with Crippen LogP contribution in [0, 0.1) is 0 Å². The van der Waals surface area contributed by atoms with E-state index in [9.17, 15) is 4.79 Å². The van der Waals surface area contributed by atoms with Crippen LogP contribution in [-0.4, -0.2) is 28.0 Å². The van der Waals surface area contributed by atoms with Gasteiger partial charge in [-0.1, -0.05) is 0 Å². The smallest absolute Gasteiger partial charge is 0.268 e. The van der Waals surface area contributed by atoms with E-state index in [0.29, 0.717) is 17.3 Å². The molecular weight excluding hydrogens is 324 g/mol. The first-order chi connectivity index (χ1) is 9.17. The van der Waals surface area contributed by atoms with E-state index in [1.54, 1.807) is 0 Å². The molecular formula is C14H19BrN2OS. The second kappa shape index (κ2) is 5.52. The summed E-state index contributed by atoms with van der Waals surface area (Å²) in [6.45, 7) is 0. The molecule has 1 N–H and O–H groups in total. The van der Waals surface area contributed by atoms with Gasteiger partial charge >= 0.3 is 0 Å². The van der Waals surface area contributed by atoms with Crippen LogP contribution >= 0.6 is 27.7 Å². The Bertz CT molecular complexity index is 484. The van der Waals surface area contributed by atoms with E-state index < -0.39 is 0 Å². The molecule has 1 amide bonds. The molecule has 2 saturated carbocycles. The molecule has 3 nitrogen and oxygen atoms in total. The average Bonchev–Trinajstić information content (AvgIpc) is 3.01. The highest BCUT2D eigenvalue weighted by atomic mass is 79.9. The fourth-order valence-electron chi connectivity index (χ4n) is 2.83. The van der Waals surface area contributed by atoms with Crippen LogP contribution in [0.3, 0.4) is 0 Å². The predicted molar refractivity (Wildman–Crippen MR) is 82.8 cm³/mol. The summed E-state index contributed by atoms with van der Waals surface area (Å²) in [7, 11) is 0. The minimum absolute atomic E-state index is 0.0874. The maximum absolute atomic E-state index is 12.4. The van der Waals surface area contributed by atoms with Crippen molar-refractivity contribution in [1.29, 1.82) is 0 Å². The Kier molecular flexibility index (Phi) is 3.94. The number of carbonyl (C=O) groups is 1. The van der Waals surface area contributed by atoms with E-state index in [0.717, 1.165) is 23.0 Å². The van der Waals surface area contributed by atoms with Crippen molar-refractivity contribution in [2.45, 2.75) is 49.4 Å². The molecule has 2 fully saturated rings. The van der Waals surface area contributed by atoms with E-state index in [2.05, 4.69) is 32.1 Å². The normalized spacial score (nSPS) is 26.6. The van der Waals surface area contributed by atoms with Crippen molar-refractivity contribution in [3.05, 3.63) is 22.4 Å². The van der Waals surface area contributed by atoms with Crippen molar-refractivity contribution in [3.63, 3.8) is 0 Å². The number of carbonyl (C=O) groups excluding carboxylic acids is 1. The zero-order valence-corrected chi connectivity index (χ0v) is 13.5. The molecule has 2 atom stereocenters. The highest BCUT2D eigenvalue weighted by molar-refractivity contribution is 9.10. The predicted octanol–water partition coefficient (Wildman–Crippen LogP) is 3.60. The lowest BCUT2D eigenvalue weighted by molar-refractivity contribution is 0.0928. The minimum atomic E-state index is 0.0874. The van der Waals surface area contributed by atoms with E-state index in [1.807, 2.05) is 24.0 Å². The topological polar surface area (TPSA) is 34.0 Å². The maximum Gasteiger partial charge on any atom is 0.268 e. The number of halogens is 1. The van der Waals surface area contributed by atoms with Gasteiger partial charge in [0.2, 0.25) is 0 Å². The number of nitrogens with zero attached hydrogens (tertiary/aromatic N) is 1. The molecule has 3 rings (SSSR count). The van der Waals surface area contributed by atoms with Crippen LogP contribution in [0.1, 0.15) is 48.6 Å². The number of nitrogens with one attached hydrogen (secondary N) is 1. The largest absolute Gasteiger partial charge is 0.348 e. The summed E-state index contributed by atoms with van der Waals surface area (Å²) in [5, 5.41) is 3.92. The van der Waals surface area contributed by atoms with Gasteiger partial charge in [-0.15, -0.1) is 0 Å². The first-order valence-corrected chi connectivity index (χ1v) is 8.96. The van der Waals surface area contributed by atoms with Crippen molar-refractivity contribution in [2.24, 2.45) is 0 Å². The molecule has 19 heavy (non-hydrogen) atoms. The monoisotopic (exact) mass is 342 g/mol. The second-order valence-electron chi connectivity index (χ2n) is 5.52. The SMILES string of the molecule is CSC1CCC(NC(=O)c2cc(Br)cn2C2CC2)C1. The molecule has 0 aliphatic heterocycles. The second-order valence-corrected chi connectivity index (χ2v) is 7.58. The third-order valence-corrected chi connectivity index (χ3v) is 5.57. The summed E-state index contributed by atoms with van der Waals surface area (Å²) in [4.78, 5) is 12.4. The van der Waals surface area contributed by atoms with Crippen molar-refractivity contribution < 1.29 is 4.79 Å². The van der Waals surface area contributed by atoms with Crippen molar-refractivity contribution >= 4 is 33.6 Å². The number of rotatable bonds is 4. The molecule has 0 saturated heterocycles. The summed E-state index contributed by atoms with van der Waals surface area (Å²) in [6, 6.07) is 2.83. The first-order valence-electron chi connectivity index (χ1n) is 6.88. The molecule has 2 unspecified atom stereocenters. The highest BCUT2D eigenvalue weighted by Gasteiger charge is 2.30. The van der Waals surface area contributed by atoms with Gasteiger partial charge in [0.15, 0.2) is 0 Å². The summed E-state index contributed by atoms with van der Waals surface area (Å²) in [5.74, 6) is 0.0874. The summed E-state index contributed by atoms with van der Waals surface area (Å²) in [6.07, 6.45) is 10.0. The van der Waals surface area contributed by atoms with Crippen molar-refractivity contribution in [3.8, 4) is 0 Å². The van der Waals surface area contributed by atoms with Gasteiger partial charge < -0.3 is 9.88 Å². The zero-order valence-electron chi connectivity index (χ0n) is 11.1. The van der Waals surface area contributed by atoms with Crippen LogP contribution < -0.4 is 5.32 Å². The number of hydrogen-bond acceptors (Lipinski definition) is 2. The molecule has 0 spiro atoms. The van der Waals surface area contributed by atoms with Gasteiger partial charge in [-0.3, -0.25) is 4.79 Å². The zero-order chi connectivity index (χ0) is 13.4. The third kappa shape index (κ3) is 3.02. The fraction of sp³-hybridized carbons (Fsp3) is 0.643. The van der Waals surface area contributed by atoms with Crippen LogP contribution in [-0.2, 0) is 0 Å².